The second kappa shape index (κ2) is 10.1. The molecule has 1 N–H and O–H groups in total. The summed E-state index contributed by atoms with van der Waals surface area (Å²) >= 11 is 6.35. The van der Waals surface area contributed by atoms with E-state index in [9.17, 15) is 28.0 Å². The van der Waals surface area contributed by atoms with Crippen LogP contribution in [-0.4, -0.2) is 28.9 Å². The summed E-state index contributed by atoms with van der Waals surface area (Å²) < 4.78 is 42.5. The SMILES string of the molecule is Cc1cncc(-n2c(=O)nc(Nc3cc4cn(C(F)F)nc4cc3Cl)n(Cc3ccc(F)c(C#N)c3)c2=O)c1. The Morgan fingerprint density at radius 2 is 1.95 bits per heavy atom. The lowest BCUT2D eigenvalue weighted by Crippen LogP contribution is -2.41. The van der Waals surface area contributed by atoms with E-state index < -0.39 is 23.7 Å². The number of benzene rings is 2. The molecule has 3 aromatic heterocycles. The average molecular weight is 553 g/mol. The van der Waals surface area contributed by atoms with E-state index in [0.717, 1.165) is 21.4 Å². The molecule has 5 aromatic rings. The summed E-state index contributed by atoms with van der Waals surface area (Å²) in [4.78, 5) is 34.8. The number of nitrogens with zero attached hydrogens (tertiary/aromatic N) is 7. The highest BCUT2D eigenvalue weighted by atomic mass is 35.5. The normalized spacial score (nSPS) is 11.2. The van der Waals surface area contributed by atoms with Gasteiger partial charge in [0.15, 0.2) is 0 Å². The van der Waals surface area contributed by atoms with Gasteiger partial charge in [0.05, 0.1) is 40.2 Å². The van der Waals surface area contributed by atoms with E-state index in [2.05, 4.69) is 20.4 Å². The Balaban J connectivity index is 1.67. The van der Waals surface area contributed by atoms with Crippen molar-refractivity contribution in [1.29, 1.82) is 5.26 Å². The van der Waals surface area contributed by atoms with Gasteiger partial charge in [0.25, 0.3) is 0 Å². The van der Waals surface area contributed by atoms with Crippen LogP contribution in [0, 0.1) is 24.1 Å². The number of nitrogens with one attached hydrogen (secondary N) is 1. The molecule has 10 nitrogen and oxygen atoms in total. The van der Waals surface area contributed by atoms with Gasteiger partial charge in [0, 0.05) is 17.8 Å². The van der Waals surface area contributed by atoms with E-state index in [4.69, 9.17) is 11.6 Å². The maximum atomic E-state index is 13.9. The lowest BCUT2D eigenvalue weighted by atomic mass is 10.1. The summed E-state index contributed by atoms with van der Waals surface area (Å²) in [5.74, 6) is -0.961. The van der Waals surface area contributed by atoms with Gasteiger partial charge in [-0.05, 0) is 48.4 Å². The van der Waals surface area contributed by atoms with Crippen molar-refractivity contribution in [1.82, 2.24) is 28.9 Å². The largest absolute Gasteiger partial charge is 0.359 e. The predicted octanol–water partition coefficient (Wildman–Crippen LogP) is 4.30. The quantitative estimate of drug-likeness (QED) is 0.333. The Morgan fingerprint density at radius 1 is 1.15 bits per heavy atom. The summed E-state index contributed by atoms with van der Waals surface area (Å²) in [6.45, 7) is -1.34. The highest BCUT2D eigenvalue weighted by molar-refractivity contribution is 6.34. The molecule has 0 aliphatic rings. The molecule has 2 aromatic carbocycles. The minimum Gasteiger partial charge on any atom is -0.324 e. The number of aryl methyl sites for hydroxylation is 1. The van der Waals surface area contributed by atoms with Crippen LogP contribution in [0.1, 0.15) is 23.2 Å². The first-order chi connectivity index (χ1) is 18.6. The minimum absolute atomic E-state index is 0.0587. The van der Waals surface area contributed by atoms with Crippen LogP contribution in [0.3, 0.4) is 0 Å². The molecule has 0 unspecified atom stereocenters. The number of rotatable bonds is 6. The van der Waals surface area contributed by atoms with Gasteiger partial charge in [-0.3, -0.25) is 9.55 Å². The molecule has 3 heterocycles. The summed E-state index contributed by atoms with van der Waals surface area (Å²) in [5, 5.41) is 16.2. The van der Waals surface area contributed by atoms with Crippen LogP contribution in [0.2, 0.25) is 5.02 Å². The predicted molar refractivity (Wildman–Crippen MR) is 136 cm³/mol. The van der Waals surface area contributed by atoms with Gasteiger partial charge in [-0.1, -0.05) is 17.7 Å². The van der Waals surface area contributed by atoms with Crippen molar-refractivity contribution in [3.05, 3.63) is 103 Å². The number of alkyl halides is 2. The Hall–Kier alpha value is -4.96. The second-order valence-corrected chi connectivity index (χ2v) is 8.88. The molecule has 0 atom stereocenters. The molecule has 0 bridgehead atoms. The fourth-order valence-corrected chi connectivity index (χ4v) is 4.14. The maximum absolute atomic E-state index is 13.9. The summed E-state index contributed by atoms with van der Waals surface area (Å²) in [6, 6.07) is 9.82. The van der Waals surface area contributed by atoms with Gasteiger partial charge in [-0.2, -0.15) is 24.1 Å². The molecule has 0 spiro atoms. The van der Waals surface area contributed by atoms with Gasteiger partial charge in [-0.15, -0.1) is 0 Å². The van der Waals surface area contributed by atoms with Gasteiger partial charge in [-0.25, -0.2) is 23.2 Å². The summed E-state index contributed by atoms with van der Waals surface area (Å²) in [5.41, 5.74) is -0.376. The van der Waals surface area contributed by atoms with Crippen LogP contribution in [0.25, 0.3) is 16.6 Å². The zero-order valence-corrected chi connectivity index (χ0v) is 20.7. The molecule has 0 aliphatic carbocycles. The van der Waals surface area contributed by atoms with Crippen LogP contribution in [0.4, 0.5) is 24.8 Å². The monoisotopic (exact) mass is 552 g/mol. The fraction of sp³-hybridized carbons (Fsp3) is 0.120. The van der Waals surface area contributed by atoms with Crippen molar-refractivity contribution < 1.29 is 13.2 Å². The second-order valence-electron chi connectivity index (χ2n) is 8.47. The Labute approximate surface area is 222 Å². The van der Waals surface area contributed by atoms with Crippen molar-refractivity contribution in [2.24, 2.45) is 0 Å². The van der Waals surface area contributed by atoms with E-state index >= 15 is 0 Å². The summed E-state index contributed by atoms with van der Waals surface area (Å²) in [7, 11) is 0. The van der Waals surface area contributed by atoms with Gasteiger partial charge < -0.3 is 5.32 Å². The van der Waals surface area contributed by atoms with Crippen molar-refractivity contribution >= 4 is 34.1 Å². The Kier molecular flexibility index (Phi) is 6.63. The van der Waals surface area contributed by atoms with Gasteiger partial charge in [0.2, 0.25) is 5.95 Å². The first-order valence-electron chi connectivity index (χ1n) is 11.2. The molecule has 0 fully saturated rings. The third-order valence-electron chi connectivity index (χ3n) is 5.74. The fourth-order valence-electron chi connectivity index (χ4n) is 3.93. The highest BCUT2D eigenvalue weighted by Gasteiger charge is 2.18. The number of hydrogen-bond donors (Lipinski definition) is 1. The molecule has 14 heteroatoms. The van der Waals surface area contributed by atoms with Crippen molar-refractivity contribution in [2.45, 2.75) is 20.0 Å². The topological polar surface area (TPSA) is 123 Å². The van der Waals surface area contributed by atoms with E-state index in [1.807, 2.05) is 0 Å². The van der Waals surface area contributed by atoms with Crippen molar-refractivity contribution in [3.63, 3.8) is 0 Å². The van der Waals surface area contributed by atoms with E-state index in [0.29, 0.717) is 21.2 Å². The van der Waals surface area contributed by atoms with E-state index in [1.54, 1.807) is 25.3 Å². The molecular formula is C25H16ClF3N8O2. The molecule has 0 aliphatic heterocycles. The van der Waals surface area contributed by atoms with Crippen LogP contribution in [0.15, 0.2) is 64.6 Å². The highest BCUT2D eigenvalue weighted by Crippen LogP contribution is 2.30. The third-order valence-corrected chi connectivity index (χ3v) is 6.05. The molecule has 196 valence electrons. The van der Waals surface area contributed by atoms with Crippen LogP contribution in [0.5, 0.6) is 0 Å². The average Bonchev–Trinajstić information content (AvgIpc) is 3.30. The molecule has 0 saturated heterocycles. The molecule has 0 saturated carbocycles. The van der Waals surface area contributed by atoms with Gasteiger partial charge in [0.1, 0.15) is 11.9 Å². The number of nitriles is 1. The first-order valence-corrected chi connectivity index (χ1v) is 11.6. The zero-order valence-electron chi connectivity index (χ0n) is 19.9. The number of aromatic nitrogens is 6. The lowest BCUT2D eigenvalue weighted by Gasteiger charge is -2.16. The van der Waals surface area contributed by atoms with Crippen molar-refractivity contribution in [3.8, 4) is 11.8 Å². The Morgan fingerprint density at radius 3 is 2.67 bits per heavy atom. The van der Waals surface area contributed by atoms with Gasteiger partial charge >= 0.3 is 17.9 Å². The first kappa shape index (κ1) is 25.7. The standard InChI is InChI=1S/C25H16ClF3N8O2/c1-13-4-17(10-31-9-13)37-24(38)33-23(35(25(37)39)11-14-2-3-19(27)15(5-14)8-30)32-21-6-16-12-36(22(28)29)34-20(16)7-18(21)26/h2-7,9-10,12,22H,11H2,1H3,(H,32,33,38). The third kappa shape index (κ3) is 4.97. The number of anilines is 2. The Bertz CT molecular complexity index is 1910. The van der Waals surface area contributed by atoms with E-state index in [-0.39, 0.29) is 40.0 Å². The molecular weight excluding hydrogens is 537 g/mol. The van der Waals surface area contributed by atoms with Crippen LogP contribution >= 0.6 is 11.6 Å². The number of hydrogen-bond acceptors (Lipinski definition) is 7. The molecule has 0 amide bonds. The van der Waals surface area contributed by atoms with Crippen LogP contribution in [-0.2, 0) is 6.54 Å². The maximum Gasteiger partial charge on any atom is 0.359 e. The number of fused-ring (bicyclic) bond motifs is 1. The van der Waals surface area contributed by atoms with E-state index in [1.165, 1.54) is 30.5 Å². The molecule has 5 rings (SSSR count). The van der Waals surface area contributed by atoms with Crippen molar-refractivity contribution in [2.75, 3.05) is 5.32 Å². The summed E-state index contributed by atoms with van der Waals surface area (Å²) in [6.07, 6.45) is 3.99. The lowest BCUT2D eigenvalue weighted by molar-refractivity contribution is 0.0574. The minimum atomic E-state index is -2.86. The smallest absolute Gasteiger partial charge is 0.324 e. The van der Waals surface area contributed by atoms with Crippen LogP contribution < -0.4 is 16.7 Å². The number of halogens is 4. The molecule has 39 heavy (non-hydrogen) atoms. The number of pyridine rings is 1. The zero-order chi connectivity index (χ0) is 27.8. The molecule has 0 radical (unpaired) electrons.